The molecule has 0 saturated carbocycles. The Labute approximate surface area is 171 Å². The van der Waals surface area contributed by atoms with Gasteiger partial charge >= 0.3 is 0 Å². The van der Waals surface area contributed by atoms with Crippen LogP contribution in [-0.4, -0.2) is 66.8 Å². The molecule has 3 heterocycles. The van der Waals surface area contributed by atoms with Crippen molar-refractivity contribution in [3.63, 3.8) is 0 Å². The minimum atomic E-state index is 0.188. The highest BCUT2D eigenvalue weighted by molar-refractivity contribution is 7.10. The van der Waals surface area contributed by atoms with Crippen molar-refractivity contribution in [2.24, 2.45) is 4.99 Å². The lowest BCUT2D eigenvalue weighted by atomic mass is 10.1. The van der Waals surface area contributed by atoms with Crippen molar-refractivity contribution < 1.29 is 9.59 Å². The Balaban J connectivity index is 1.37. The number of nitrogens with one attached hydrogen (secondary N) is 2. The maximum Gasteiger partial charge on any atom is 0.224 e. The van der Waals surface area contributed by atoms with Crippen LogP contribution in [-0.2, 0) is 22.6 Å². The number of nitrogens with zero attached hydrogens (tertiary/aromatic N) is 3. The molecule has 1 saturated heterocycles. The molecule has 2 aliphatic heterocycles. The number of guanidine groups is 1. The molecule has 7 nitrogen and oxygen atoms in total. The van der Waals surface area contributed by atoms with Gasteiger partial charge in [0.15, 0.2) is 5.96 Å². The average Bonchev–Trinajstić information content (AvgIpc) is 3.33. The van der Waals surface area contributed by atoms with E-state index in [1.54, 1.807) is 11.3 Å². The van der Waals surface area contributed by atoms with E-state index in [4.69, 9.17) is 0 Å². The molecule has 1 aromatic rings. The second kappa shape index (κ2) is 10.5. The molecule has 0 bridgehead atoms. The summed E-state index contributed by atoms with van der Waals surface area (Å²) in [5.41, 5.74) is 1.30. The van der Waals surface area contributed by atoms with Crippen LogP contribution in [0.15, 0.2) is 16.4 Å². The van der Waals surface area contributed by atoms with Crippen LogP contribution < -0.4 is 10.6 Å². The van der Waals surface area contributed by atoms with Gasteiger partial charge in [0.1, 0.15) is 0 Å². The number of aliphatic imine (C=N–C) groups is 1. The summed E-state index contributed by atoms with van der Waals surface area (Å²) in [6.07, 6.45) is 3.96. The molecule has 0 atom stereocenters. The molecule has 154 valence electrons. The Hall–Kier alpha value is -2.09. The van der Waals surface area contributed by atoms with E-state index < -0.39 is 0 Å². The monoisotopic (exact) mass is 405 g/mol. The zero-order valence-corrected chi connectivity index (χ0v) is 17.5. The first kappa shape index (κ1) is 20.6. The van der Waals surface area contributed by atoms with E-state index in [2.05, 4.69) is 27.1 Å². The number of likely N-dealkylation sites (tertiary alicyclic amines) is 1. The van der Waals surface area contributed by atoms with E-state index in [-0.39, 0.29) is 11.8 Å². The van der Waals surface area contributed by atoms with Gasteiger partial charge in [0.05, 0.1) is 0 Å². The van der Waals surface area contributed by atoms with E-state index >= 15 is 0 Å². The zero-order valence-electron chi connectivity index (χ0n) is 16.7. The van der Waals surface area contributed by atoms with Crippen molar-refractivity contribution in [2.75, 3.05) is 39.3 Å². The largest absolute Gasteiger partial charge is 0.357 e. The van der Waals surface area contributed by atoms with Gasteiger partial charge in [-0.05, 0) is 43.2 Å². The van der Waals surface area contributed by atoms with Crippen LogP contribution >= 0.6 is 11.3 Å². The highest BCUT2D eigenvalue weighted by atomic mass is 32.1. The van der Waals surface area contributed by atoms with Crippen molar-refractivity contribution in [2.45, 2.75) is 45.6 Å². The number of carbonyl (C=O) groups is 2. The molecular formula is C20H31N5O2S. The molecule has 0 radical (unpaired) electrons. The van der Waals surface area contributed by atoms with Crippen molar-refractivity contribution >= 4 is 29.1 Å². The van der Waals surface area contributed by atoms with E-state index in [1.165, 1.54) is 10.4 Å². The highest BCUT2D eigenvalue weighted by Crippen LogP contribution is 2.24. The van der Waals surface area contributed by atoms with Crippen molar-refractivity contribution in [1.82, 2.24) is 20.4 Å². The van der Waals surface area contributed by atoms with Crippen LogP contribution in [0.2, 0.25) is 0 Å². The van der Waals surface area contributed by atoms with Gasteiger partial charge in [-0.1, -0.05) is 0 Å². The van der Waals surface area contributed by atoms with Gasteiger partial charge in [-0.15, -0.1) is 11.3 Å². The summed E-state index contributed by atoms with van der Waals surface area (Å²) in [6.45, 7) is 7.25. The fraction of sp³-hybridized carbons (Fsp3) is 0.650. The first-order valence-electron chi connectivity index (χ1n) is 10.3. The van der Waals surface area contributed by atoms with Gasteiger partial charge in [-0.25, -0.2) is 0 Å². The highest BCUT2D eigenvalue weighted by Gasteiger charge is 2.21. The summed E-state index contributed by atoms with van der Waals surface area (Å²) in [7, 11) is 0. The fourth-order valence-corrected chi connectivity index (χ4v) is 4.53. The number of hydrogen-bond acceptors (Lipinski definition) is 4. The van der Waals surface area contributed by atoms with Gasteiger partial charge in [-0.3, -0.25) is 14.6 Å². The Morgan fingerprint density at radius 1 is 1.29 bits per heavy atom. The second-order valence-corrected chi connectivity index (χ2v) is 8.21. The smallest absolute Gasteiger partial charge is 0.224 e. The van der Waals surface area contributed by atoms with Crippen molar-refractivity contribution in [3.05, 3.63) is 21.9 Å². The average molecular weight is 406 g/mol. The van der Waals surface area contributed by atoms with Crippen LogP contribution in [0, 0.1) is 0 Å². The third-order valence-electron chi connectivity index (χ3n) is 5.16. The summed E-state index contributed by atoms with van der Waals surface area (Å²) in [6, 6.07) is 2.13. The van der Waals surface area contributed by atoms with Gasteiger partial charge < -0.3 is 20.4 Å². The fourth-order valence-electron chi connectivity index (χ4n) is 3.64. The topological polar surface area (TPSA) is 77.0 Å². The second-order valence-electron chi connectivity index (χ2n) is 7.21. The zero-order chi connectivity index (χ0) is 19.8. The van der Waals surface area contributed by atoms with Crippen molar-refractivity contribution in [1.29, 1.82) is 0 Å². The van der Waals surface area contributed by atoms with Crippen LogP contribution in [0.3, 0.4) is 0 Å². The molecule has 0 spiro atoms. The standard InChI is InChI=1S/C20H31N5O2S/c1-2-21-20(22-9-4-12-24-11-3-5-18(24)26)23-10-6-19(27)25-13-7-17-16(15-25)8-14-28-17/h8,14H,2-7,9-13,15H2,1H3,(H2,21,22,23). The van der Waals surface area contributed by atoms with Crippen molar-refractivity contribution in [3.8, 4) is 0 Å². The first-order chi connectivity index (χ1) is 13.7. The molecule has 2 N–H and O–H groups in total. The molecule has 2 aliphatic rings. The van der Waals surface area contributed by atoms with Crippen LogP contribution in [0.25, 0.3) is 0 Å². The van der Waals surface area contributed by atoms with Gasteiger partial charge in [-0.2, -0.15) is 0 Å². The maximum absolute atomic E-state index is 12.5. The third-order valence-corrected chi connectivity index (χ3v) is 6.19. The number of carbonyl (C=O) groups excluding carboxylic acids is 2. The molecule has 0 aliphatic carbocycles. The number of hydrogen-bond donors (Lipinski definition) is 2. The number of rotatable bonds is 8. The minimum absolute atomic E-state index is 0.188. The molecular weight excluding hydrogens is 374 g/mol. The van der Waals surface area contributed by atoms with Crippen LogP contribution in [0.5, 0.6) is 0 Å². The molecule has 0 unspecified atom stereocenters. The Bertz CT molecular complexity index is 703. The first-order valence-corrected chi connectivity index (χ1v) is 11.2. The minimum Gasteiger partial charge on any atom is -0.357 e. The molecule has 2 amide bonds. The van der Waals surface area contributed by atoms with E-state index in [9.17, 15) is 9.59 Å². The summed E-state index contributed by atoms with van der Waals surface area (Å²) in [4.78, 5) is 34.0. The predicted molar refractivity (Wildman–Crippen MR) is 112 cm³/mol. The molecule has 28 heavy (non-hydrogen) atoms. The molecule has 3 rings (SSSR count). The predicted octanol–water partition coefficient (Wildman–Crippen LogP) is 1.59. The quantitative estimate of drug-likeness (QED) is 0.391. The molecule has 1 aromatic heterocycles. The molecule has 8 heteroatoms. The Morgan fingerprint density at radius 3 is 2.96 bits per heavy atom. The van der Waals surface area contributed by atoms with Crippen LogP contribution in [0.4, 0.5) is 0 Å². The van der Waals surface area contributed by atoms with E-state index in [0.29, 0.717) is 25.9 Å². The van der Waals surface area contributed by atoms with Gasteiger partial charge in [0.2, 0.25) is 11.8 Å². The summed E-state index contributed by atoms with van der Waals surface area (Å²) in [5.74, 6) is 1.19. The normalized spacial score (nSPS) is 17.0. The van der Waals surface area contributed by atoms with Gasteiger partial charge in [0, 0.05) is 63.5 Å². The molecule has 1 fully saturated rings. The number of thiophene rings is 1. The third kappa shape index (κ3) is 5.70. The maximum atomic E-state index is 12.5. The van der Waals surface area contributed by atoms with Crippen LogP contribution in [0.1, 0.15) is 43.0 Å². The Morgan fingerprint density at radius 2 is 2.18 bits per heavy atom. The van der Waals surface area contributed by atoms with E-state index in [1.807, 2.05) is 16.7 Å². The SMILES string of the molecule is CCNC(=NCCCN1CCCC1=O)NCCC(=O)N1CCc2sccc2C1. The number of fused-ring (bicyclic) bond motifs is 1. The Kier molecular flexibility index (Phi) is 7.71. The summed E-state index contributed by atoms with van der Waals surface area (Å²) < 4.78 is 0. The molecule has 0 aromatic carbocycles. The summed E-state index contributed by atoms with van der Waals surface area (Å²) >= 11 is 1.79. The lowest BCUT2D eigenvalue weighted by Crippen LogP contribution is -2.41. The lowest BCUT2D eigenvalue weighted by molar-refractivity contribution is -0.132. The van der Waals surface area contributed by atoms with Gasteiger partial charge in [0.25, 0.3) is 0 Å². The number of amides is 2. The summed E-state index contributed by atoms with van der Waals surface area (Å²) in [5, 5.41) is 8.58. The lowest BCUT2D eigenvalue weighted by Gasteiger charge is -2.27. The van der Waals surface area contributed by atoms with E-state index in [0.717, 1.165) is 57.9 Å².